The highest BCUT2D eigenvalue weighted by Gasteiger charge is 2.04. The Balaban J connectivity index is 2.11. The predicted molar refractivity (Wildman–Crippen MR) is 67.7 cm³/mol. The summed E-state index contributed by atoms with van der Waals surface area (Å²) in [6.07, 6.45) is 0.951. The molecule has 2 rings (SSSR count). The van der Waals surface area contributed by atoms with Crippen LogP contribution in [0.5, 0.6) is 0 Å². The van der Waals surface area contributed by atoms with E-state index in [1.54, 1.807) is 0 Å². The quantitative estimate of drug-likeness (QED) is 0.825. The van der Waals surface area contributed by atoms with Gasteiger partial charge in [-0.1, -0.05) is 26.0 Å². The Bertz CT molecular complexity index is 471. The van der Waals surface area contributed by atoms with E-state index in [2.05, 4.69) is 54.3 Å². The molecule has 2 aromatic rings. The number of rotatable bonds is 4. The lowest BCUT2D eigenvalue weighted by molar-refractivity contribution is 0.585. The lowest BCUT2D eigenvalue weighted by Crippen LogP contribution is -2.25. The van der Waals surface area contributed by atoms with E-state index < -0.39 is 0 Å². The zero-order valence-electron chi connectivity index (χ0n) is 10.2. The first-order valence-corrected chi connectivity index (χ1v) is 5.84. The summed E-state index contributed by atoms with van der Waals surface area (Å²) in [4.78, 5) is 7.97. The molecule has 2 N–H and O–H groups in total. The van der Waals surface area contributed by atoms with Crippen LogP contribution in [0.2, 0.25) is 0 Å². The summed E-state index contributed by atoms with van der Waals surface area (Å²) in [5, 5.41) is 3.39. The highest BCUT2D eigenvalue weighted by molar-refractivity contribution is 5.78. The predicted octanol–water partition coefficient (Wildman–Crippen LogP) is 2.41. The number of benzene rings is 1. The van der Waals surface area contributed by atoms with Gasteiger partial charge in [0.25, 0.3) is 0 Å². The van der Waals surface area contributed by atoms with Gasteiger partial charge in [-0.25, -0.2) is 4.98 Å². The van der Waals surface area contributed by atoms with Gasteiger partial charge in [0.1, 0.15) is 5.82 Å². The number of hydrogen-bond donors (Lipinski definition) is 2. The third-order valence-electron chi connectivity index (χ3n) is 2.68. The number of aryl methyl sites for hydroxylation is 1. The first kappa shape index (κ1) is 11.1. The molecule has 0 saturated carbocycles. The molecule has 0 unspecified atom stereocenters. The molecular formula is C13H19N3. The number of para-hydroxylation sites is 1. The van der Waals surface area contributed by atoms with Crippen LogP contribution >= 0.6 is 0 Å². The average molecular weight is 217 g/mol. The molecule has 0 aliphatic heterocycles. The summed E-state index contributed by atoms with van der Waals surface area (Å²) in [5.74, 6) is 1.07. The molecule has 3 nitrogen and oxygen atoms in total. The van der Waals surface area contributed by atoms with Gasteiger partial charge < -0.3 is 10.3 Å². The Morgan fingerprint density at radius 2 is 2.19 bits per heavy atom. The van der Waals surface area contributed by atoms with Crippen molar-refractivity contribution in [1.82, 2.24) is 15.3 Å². The molecule has 1 aromatic heterocycles. The van der Waals surface area contributed by atoms with Gasteiger partial charge in [0.2, 0.25) is 0 Å². The van der Waals surface area contributed by atoms with Gasteiger partial charge in [-0.05, 0) is 18.6 Å². The Labute approximate surface area is 96.3 Å². The van der Waals surface area contributed by atoms with E-state index in [0.29, 0.717) is 6.04 Å². The SMILES string of the molecule is Cc1cccc2[nH]c(CCNC(C)C)nc12. The molecule has 0 fully saturated rings. The molecular weight excluding hydrogens is 198 g/mol. The molecule has 0 aliphatic carbocycles. The second-order valence-electron chi connectivity index (χ2n) is 4.51. The minimum atomic E-state index is 0.533. The number of aromatic nitrogens is 2. The minimum Gasteiger partial charge on any atom is -0.342 e. The number of hydrogen-bond acceptors (Lipinski definition) is 2. The molecule has 0 radical (unpaired) electrons. The molecule has 0 amide bonds. The summed E-state index contributed by atoms with van der Waals surface area (Å²) in [7, 11) is 0. The van der Waals surface area contributed by atoms with E-state index in [1.165, 1.54) is 5.56 Å². The van der Waals surface area contributed by atoms with Crippen molar-refractivity contribution in [2.45, 2.75) is 33.2 Å². The normalized spacial score (nSPS) is 11.5. The third kappa shape index (κ3) is 2.42. The van der Waals surface area contributed by atoms with E-state index in [1.807, 2.05) is 0 Å². The van der Waals surface area contributed by atoms with Gasteiger partial charge in [-0.15, -0.1) is 0 Å². The van der Waals surface area contributed by atoms with Crippen molar-refractivity contribution >= 4 is 11.0 Å². The van der Waals surface area contributed by atoms with Crippen molar-refractivity contribution in [1.29, 1.82) is 0 Å². The van der Waals surface area contributed by atoms with Gasteiger partial charge in [-0.2, -0.15) is 0 Å². The van der Waals surface area contributed by atoms with E-state index >= 15 is 0 Å². The van der Waals surface area contributed by atoms with Crippen molar-refractivity contribution in [3.63, 3.8) is 0 Å². The summed E-state index contributed by atoms with van der Waals surface area (Å²) in [6, 6.07) is 6.77. The van der Waals surface area contributed by atoms with Crippen molar-refractivity contribution in [3.05, 3.63) is 29.6 Å². The van der Waals surface area contributed by atoms with Crippen LogP contribution in [0.3, 0.4) is 0 Å². The monoisotopic (exact) mass is 217 g/mol. The van der Waals surface area contributed by atoms with Crippen LogP contribution in [0.1, 0.15) is 25.2 Å². The third-order valence-corrected chi connectivity index (χ3v) is 2.68. The van der Waals surface area contributed by atoms with Gasteiger partial charge in [0, 0.05) is 19.0 Å². The first-order chi connectivity index (χ1) is 7.66. The second-order valence-corrected chi connectivity index (χ2v) is 4.51. The van der Waals surface area contributed by atoms with Crippen molar-refractivity contribution in [3.8, 4) is 0 Å². The maximum Gasteiger partial charge on any atom is 0.108 e. The Morgan fingerprint density at radius 1 is 1.38 bits per heavy atom. The van der Waals surface area contributed by atoms with Crippen LogP contribution in [0, 0.1) is 6.92 Å². The maximum atomic E-state index is 4.61. The summed E-state index contributed by atoms with van der Waals surface area (Å²) in [5.41, 5.74) is 3.47. The maximum absolute atomic E-state index is 4.61. The lowest BCUT2D eigenvalue weighted by Gasteiger charge is -2.05. The van der Waals surface area contributed by atoms with Crippen LogP contribution in [0.15, 0.2) is 18.2 Å². The molecule has 1 aromatic carbocycles. The highest BCUT2D eigenvalue weighted by atomic mass is 14.9. The largest absolute Gasteiger partial charge is 0.342 e. The number of H-pyrrole nitrogens is 1. The van der Waals surface area contributed by atoms with Crippen LogP contribution in [-0.2, 0) is 6.42 Å². The number of imidazole rings is 1. The first-order valence-electron chi connectivity index (χ1n) is 5.84. The lowest BCUT2D eigenvalue weighted by atomic mass is 10.2. The van der Waals surface area contributed by atoms with E-state index in [9.17, 15) is 0 Å². The summed E-state index contributed by atoms with van der Waals surface area (Å²) >= 11 is 0. The average Bonchev–Trinajstić information content (AvgIpc) is 2.61. The fraction of sp³-hybridized carbons (Fsp3) is 0.462. The number of nitrogens with one attached hydrogen (secondary N) is 2. The Hall–Kier alpha value is -1.35. The minimum absolute atomic E-state index is 0.533. The van der Waals surface area contributed by atoms with Gasteiger partial charge in [-0.3, -0.25) is 0 Å². The van der Waals surface area contributed by atoms with Crippen LogP contribution in [0.25, 0.3) is 11.0 Å². The molecule has 0 aliphatic rings. The zero-order valence-corrected chi connectivity index (χ0v) is 10.2. The van der Waals surface area contributed by atoms with E-state index in [0.717, 1.165) is 29.8 Å². The second kappa shape index (κ2) is 4.66. The van der Waals surface area contributed by atoms with Gasteiger partial charge in [0.15, 0.2) is 0 Å². The van der Waals surface area contributed by atoms with E-state index in [4.69, 9.17) is 0 Å². The molecule has 16 heavy (non-hydrogen) atoms. The molecule has 86 valence electrons. The van der Waals surface area contributed by atoms with Crippen molar-refractivity contribution in [2.75, 3.05) is 6.54 Å². The van der Waals surface area contributed by atoms with E-state index in [-0.39, 0.29) is 0 Å². The number of aromatic amines is 1. The molecule has 0 bridgehead atoms. The number of fused-ring (bicyclic) bond motifs is 1. The topological polar surface area (TPSA) is 40.7 Å². The Kier molecular flexibility index (Phi) is 3.25. The zero-order chi connectivity index (χ0) is 11.5. The van der Waals surface area contributed by atoms with Gasteiger partial charge in [0.05, 0.1) is 11.0 Å². The fourth-order valence-electron chi connectivity index (χ4n) is 1.82. The summed E-state index contributed by atoms with van der Waals surface area (Å²) in [6.45, 7) is 7.38. The number of nitrogens with zero attached hydrogens (tertiary/aromatic N) is 1. The smallest absolute Gasteiger partial charge is 0.108 e. The molecule has 0 spiro atoms. The molecule has 0 saturated heterocycles. The molecule has 0 atom stereocenters. The van der Waals surface area contributed by atoms with Crippen molar-refractivity contribution < 1.29 is 0 Å². The van der Waals surface area contributed by atoms with Crippen LogP contribution < -0.4 is 5.32 Å². The molecule has 3 heteroatoms. The van der Waals surface area contributed by atoms with Crippen LogP contribution in [-0.4, -0.2) is 22.6 Å². The molecule has 1 heterocycles. The van der Waals surface area contributed by atoms with Gasteiger partial charge >= 0.3 is 0 Å². The van der Waals surface area contributed by atoms with Crippen LogP contribution in [0.4, 0.5) is 0 Å². The highest BCUT2D eigenvalue weighted by Crippen LogP contribution is 2.15. The fourth-order valence-corrected chi connectivity index (χ4v) is 1.82. The standard InChI is InChI=1S/C13H19N3/c1-9(2)14-8-7-12-15-11-6-4-5-10(3)13(11)16-12/h4-6,9,14H,7-8H2,1-3H3,(H,15,16). The summed E-state index contributed by atoms with van der Waals surface area (Å²) < 4.78 is 0. The van der Waals surface area contributed by atoms with Crippen molar-refractivity contribution in [2.24, 2.45) is 0 Å². The Morgan fingerprint density at radius 3 is 2.88 bits per heavy atom.